The Hall–Kier alpha value is -1.99. The Labute approximate surface area is 136 Å². The summed E-state index contributed by atoms with van der Waals surface area (Å²) in [5, 5.41) is 11.9. The first-order valence-corrected chi connectivity index (χ1v) is 7.47. The average Bonchev–Trinajstić information content (AvgIpc) is 2.69. The standard InChI is InChI=1S/C15H26N2O6/c1-13(2,3)22-11(20)16-15(10(18)19)7-8-17(9-15)12(21)23-14(4,5)6/h7-9H2,1-6H3,(H,16,20)(H,18,19)/t15-/m1/s1. The SMILES string of the molecule is CC(C)(C)OC(=O)N[C@]1(C(=O)O)CCN(C(=O)OC(C)(C)C)C1. The number of aliphatic carboxylic acids is 1. The van der Waals surface area contributed by atoms with Crippen LogP contribution in [0.25, 0.3) is 0 Å². The molecule has 0 bridgehead atoms. The van der Waals surface area contributed by atoms with Crippen LogP contribution in [0, 0.1) is 0 Å². The van der Waals surface area contributed by atoms with Gasteiger partial charge in [-0.2, -0.15) is 0 Å². The number of carbonyl (C=O) groups is 3. The minimum Gasteiger partial charge on any atom is -0.479 e. The fraction of sp³-hybridized carbons (Fsp3) is 0.800. The molecule has 0 aromatic rings. The fourth-order valence-electron chi connectivity index (χ4n) is 2.12. The van der Waals surface area contributed by atoms with E-state index in [4.69, 9.17) is 9.47 Å². The summed E-state index contributed by atoms with van der Waals surface area (Å²) in [7, 11) is 0. The van der Waals surface area contributed by atoms with Gasteiger partial charge >= 0.3 is 18.2 Å². The lowest BCUT2D eigenvalue weighted by Gasteiger charge is -2.29. The highest BCUT2D eigenvalue weighted by Gasteiger charge is 2.49. The van der Waals surface area contributed by atoms with E-state index < -0.39 is 34.9 Å². The van der Waals surface area contributed by atoms with Crippen LogP contribution in [-0.2, 0) is 14.3 Å². The van der Waals surface area contributed by atoms with E-state index in [-0.39, 0.29) is 19.5 Å². The van der Waals surface area contributed by atoms with Gasteiger partial charge in [-0.05, 0) is 41.5 Å². The largest absolute Gasteiger partial charge is 0.479 e. The summed E-state index contributed by atoms with van der Waals surface area (Å²) in [5.41, 5.74) is -2.99. The smallest absolute Gasteiger partial charge is 0.410 e. The molecule has 1 atom stereocenters. The van der Waals surface area contributed by atoms with E-state index >= 15 is 0 Å². The lowest BCUT2D eigenvalue weighted by molar-refractivity contribution is -0.144. The summed E-state index contributed by atoms with van der Waals surface area (Å²) in [6, 6.07) is 0. The molecule has 1 aliphatic heterocycles. The zero-order valence-electron chi connectivity index (χ0n) is 14.6. The van der Waals surface area contributed by atoms with Crippen molar-refractivity contribution in [3.63, 3.8) is 0 Å². The van der Waals surface area contributed by atoms with Gasteiger partial charge in [0.05, 0.1) is 6.54 Å². The summed E-state index contributed by atoms with van der Waals surface area (Å²) in [6.07, 6.45) is -1.35. The van der Waals surface area contributed by atoms with Crippen LogP contribution in [0.3, 0.4) is 0 Å². The molecule has 0 aliphatic carbocycles. The predicted octanol–water partition coefficient (Wildman–Crippen LogP) is 1.98. The van der Waals surface area contributed by atoms with Crippen LogP contribution in [0.2, 0.25) is 0 Å². The number of rotatable bonds is 2. The lowest BCUT2D eigenvalue weighted by Crippen LogP contribution is -2.57. The number of carbonyl (C=O) groups excluding carboxylic acids is 2. The van der Waals surface area contributed by atoms with E-state index in [2.05, 4.69) is 5.32 Å². The Morgan fingerprint density at radius 2 is 1.57 bits per heavy atom. The number of hydrogen-bond donors (Lipinski definition) is 2. The van der Waals surface area contributed by atoms with Crippen LogP contribution in [-0.4, -0.2) is 58.0 Å². The quantitative estimate of drug-likeness (QED) is 0.802. The third kappa shape index (κ3) is 5.61. The van der Waals surface area contributed by atoms with E-state index in [0.29, 0.717) is 0 Å². The summed E-state index contributed by atoms with van der Waals surface area (Å²) >= 11 is 0. The second-order valence-electron chi connectivity index (χ2n) is 7.67. The fourth-order valence-corrected chi connectivity index (χ4v) is 2.12. The number of amides is 2. The molecule has 2 N–H and O–H groups in total. The number of likely N-dealkylation sites (tertiary alicyclic amines) is 1. The van der Waals surface area contributed by atoms with E-state index in [9.17, 15) is 19.5 Å². The topological polar surface area (TPSA) is 105 Å². The number of ether oxygens (including phenoxy) is 2. The number of alkyl carbamates (subject to hydrolysis) is 1. The lowest BCUT2D eigenvalue weighted by atomic mass is 9.99. The van der Waals surface area contributed by atoms with Gasteiger partial charge in [-0.1, -0.05) is 0 Å². The molecule has 1 aliphatic rings. The van der Waals surface area contributed by atoms with Crippen LogP contribution in [0.4, 0.5) is 9.59 Å². The van der Waals surface area contributed by atoms with Crippen molar-refractivity contribution < 1.29 is 29.0 Å². The number of carboxylic acid groups (broad SMARTS) is 1. The molecule has 1 saturated heterocycles. The molecule has 0 aromatic carbocycles. The van der Waals surface area contributed by atoms with E-state index in [1.807, 2.05) is 0 Å². The molecule has 2 amide bonds. The Morgan fingerprint density at radius 3 is 2.00 bits per heavy atom. The molecular formula is C15H26N2O6. The number of carboxylic acids is 1. The number of nitrogens with one attached hydrogen (secondary N) is 1. The van der Waals surface area contributed by atoms with Crippen LogP contribution in [0.1, 0.15) is 48.0 Å². The summed E-state index contributed by atoms with van der Waals surface area (Å²) in [4.78, 5) is 36.9. The third-order valence-corrected chi connectivity index (χ3v) is 3.07. The van der Waals surface area contributed by atoms with Gasteiger partial charge < -0.3 is 24.8 Å². The Kier molecular flexibility index (Phi) is 5.18. The third-order valence-electron chi connectivity index (χ3n) is 3.07. The molecule has 0 radical (unpaired) electrons. The first kappa shape index (κ1) is 19.1. The first-order valence-electron chi connectivity index (χ1n) is 7.47. The van der Waals surface area contributed by atoms with E-state index in [0.717, 1.165) is 0 Å². The molecule has 0 aromatic heterocycles. The van der Waals surface area contributed by atoms with Crippen molar-refractivity contribution in [2.24, 2.45) is 0 Å². The van der Waals surface area contributed by atoms with Crippen molar-refractivity contribution in [3.8, 4) is 0 Å². The second-order valence-corrected chi connectivity index (χ2v) is 7.67. The predicted molar refractivity (Wildman–Crippen MR) is 82.2 cm³/mol. The van der Waals surface area contributed by atoms with Gasteiger partial charge in [-0.25, -0.2) is 14.4 Å². The van der Waals surface area contributed by atoms with Gasteiger partial charge in [-0.15, -0.1) is 0 Å². The maximum atomic E-state index is 12.1. The molecule has 8 heteroatoms. The zero-order valence-corrected chi connectivity index (χ0v) is 14.6. The molecule has 0 saturated carbocycles. The highest BCUT2D eigenvalue weighted by molar-refractivity contribution is 5.86. The summed E-state index contributed by atoms with van der Waals surface area (Å²) < 4.78 is 10.3. The summed E-state index contributed by atoms with van der Waals surface area (Å²) in [5.74, 6) is -1.21. The number of hydrogen-bond acceptors (Lipinski definition) is 5. The maximum Gasteiger partial charge on any atom is 0.410 e. The molecule has 132 valence electrons. The Balaban J connectivity index is 2.79. The van der Waals surface area contributed by atoms with Crippen LogP contribution < -0.4 is 5.32 Å². The second kappa shape index (κ2) is 6.25. The normalized spacial score (nSPS) is 21.7. The van der Waals surface area contributed by atoms with Crippen LogP contribution >= 0.6 is 0 Å². The first-order chi connectivity index (χ1) is 10.2. The van der Waals surface area contributed by atoms with Crippen molar-refractivity contribution in [1.29, 1.82) is 0 Å². The molecule has 8 nitrogen and oxygen atoms in total. The molecular weight excluding hydrogens is 304 g/mol. The zero-order chi connectivity index (χ0) is 18.1. The van der Waals surface area contributed by atoms with Crippen molar-refractivity contribution in [3.05, 3.63) is 0 Å². The number of nitrogens with zero attached hydrogens (tertiary/aromatic N) is 1. The van der Waals surface area contributed by atoms with Gasteiger partial charge in [0.15, 0.2) is 5.54 Å². The minimum absolute atomic E-state index is 0.0841. The molecule has 1 rings (SSSR count). The highest BCUT2D eigenvalue weighted by atomic mass is 16.6. The highest BCUT2D eigenvalue weighted by Crippen LogP contribution is 2.24. The van der Waals surface area contributed by atoms with Crippen molar-refractivity contribution >= 4 is 18.2 Å². The van der Waals surface area contributed by atoms with E-state index in [1.54, 1.807) is 41.5 Å². The summed E-state index contributed by atoms with van der Waals surface area (Å²) in [6.45, 7) is 10.2. The molecule has 1 heterocycles. The van der Waals surface area contributed by atoms with Crippen molar-refractivity contribution in [1.82, 2.24) is 10.2 Å². The monoisotopic (exact) mass is 330 g/mol. The molecule has 0 unspecified atom stereocenters. The van der Waals surface area contributed by atoms with Crippen molar-refractivity contribution in [2.45, 2.75) is 64.7 Å². The van der Waals surface area contributed by atoms with Gasteiger partial charge in [0.2, 0.25) is 0 Å². The Bertz CT molecular complexity index is 491. The molecule has 1 fully saturated rings. The van der Waals surface area contributed by atoms with Crippen LogP contribution in [0.5, 0.6) is 0 Å². The van der Waals surface area contributed by atoms with Crippen molar-refractivity contribution in [2.75, 3.05) is 13.1 Å². The molecule has 23 heavy (non-hydrogen) atoms. The van der Waals surface area contributed by atoms with Gasteiger partial charge in [0, 0.05) is 13.0 Å². The van der Waals surface area contributed by atoms with Gasteiger partial charge in [0.25, 0.3) is 0 Å². The Morgan fingerprint density at radius 1 is 1.04 bits per heavy atom. The van der Waals surface area contributed by atoms with Gasteiger partial charge in [-0.3, -0.25) is 0 Å². The minimum atomic E-state index is -1.57. The average molecular weight is 330 g/mol. The van der Waals surface area contributed by atoms with Gasteiger partial charge in [0.1, 0.15) is 11.2 Å². The maximum absolute atomic E-state index is 12.1. The molecule has 0 spiro atoms. The van der Waals surface area contributed by atoms with Crippen LogP contribution in [0.15, 0.2) is 0 Å². The van der Waals surface area contributed by atoms with E-state index in [1.165, 1.54) is 4.90 Å².